The topological polar surface area (TPSA) is 175 Å². The van der Waals surface area contributed by atoms with E-state index in [1.54, 1.807) is 12.0 Å². The normalized spacial score (nSPS) is 22.8. The Morgan fingerprint density at radius 2 is 1.84 bits per heavy atom. The molecule has 4 aliphatic rings. The molecule has 0 bridgehead atoms. The number of hydrogen-bond acceptors (Lipinski definition) is 8. The van der Waals surface area contributed by atoms with E-state index in [2.05, 4.69) is 66.4 Å². The van der Waals surface area contributed by atoms with Crippen LogP contribution in [0.25, 0.3) is 33.6 Å². The van der Waals surface area contributed by atoms with Crippen LogP contribution in [0.5, 0.6) is 5.75 Å². The Hall–Kier alpha value is -5.37. The first kappa shape index (κ1) is 39.5. The third-order valence-electron chi connectivity index (χ3n) is 13.0. The molecule has 3 amide bonds. The second-order valence-electron chi connectivity index (χ2n) is 17.8. The Balaban J connectivity index is 1.07. The Morgan fingerprint density at radius 1 is 1.05 bits per heavy atom. The SMILES string of the molecule is COC[C@@H]1CN(C(=O)O)[C@](c2nc3c([nH]2)-c2cc4c(cc2CC3)-c2ccc(-c3cnc([C@@H]5CC[C@H](C)N5C(=O)[C@@H](NC(=O)OC)C(C)C)[nH]3)cc2CO4)(C(C)(C)C)C1. The minimum Gasteiger partial charge on any atom is -0.488 e. The van der Waals surface area contributed by atoms with E-state index in [1.165, 1.54) is 12.7 Å². The number of fused-ring (bicyclic) bond motifs is 6. The van der Waals surface area contributed by atoms with Crippen LogP contribution in [0.4, 0.5) is 9.59 Å². The number of nitrogens with zero attached hydrogens (tertiary/aromatic N) is 4. The summed E-state index contributed by atoms with van der Waals surface area (Å²) >= 11 is 0. The first-order valence-corrected chi connectivity index (χ1v) is 20.4. The van der Waals surface area contributed by atoms with Gasteiger partial charge in [-0.05, 0) is 90.8 Å². The van der Waals surface area contributed by atoms with E-state index in [4.69, 9.17) is 24.2 Å². The molecule has 2 aromatic heterocycles. The van der Waals surface area contributed by atoms with Gasteiger partial charge in [-0.15, -0.1) is 0 Å². The van der Waals surface area contributed by atoms with Gasteiger partial charge >= 0.3 is 12.2 Å². The van der Waals surface area contributed by atoms with E-state index in [-0.39, 0.29) is 29.8 Å². The average Bonchev–Trinajstić information content (AvgIpc) is 4.00. The summed E-state index contributed by atoms with van der Waals surface area (Å²) in [6, 6.07) is 9.76. The van der Waals surface area contributed by atoms with Crippen LogP contribution in [0, 0.1) is 17.3 Å². The van der Waals surface area contributed by atoms with Crippen LogP contribution in [-0.4, -0.2) is 92.4 Å². The number of carbonyl (C=O) groups is 3. The molecule has 0 unspecified atom stereocenters. The van der Waals surface area contributed by atoms with Gasteiger partial charge in [0.1, 0.15) is 35.6 Å². The lowest BCUT2D eigenvalue weighted by atomic mass is 9.70. The number of aromatic nitrogens is 4. The summed E-state index contributed by atoms with van der Waals surface area (Å²) in [4.78, 5) is 59.3. The summed E-state index contributed by atoms with van der Waals surface area (Å²) in [7, 11) is 2.96. The molecule has 0 spiro atoms. The van der Waals surface area contributed by atoms with E-state index >= 15 is 0 Å². The molecule has 4 aromatic rings. The Kier molecular flexibility index (Phi) is 10.1. The van der Waals surface area contributed by atoms with E-state index in [0.717, 1.165) is 76.3 Å². The number of aryl methyl sites for hydroxylation is 2. The van der Waals surface area contributed by atoms with Crippen molar-refractivity contribution in [1.29, 1.82) is 0 Å². The average molecular weight is 794 g/mol. The van der Waals surface area contributed by atoms with Gasteiger partial charge in [-0.1, -0.05) is 46.8 Å². The highest BCUT2D eigenvalue weighted by atomic mass is 16.5. The number of hydrogen-bond donors (Lipinski definition) is 4. The number of rotatable bonds is 8. The van der Waals surface area contributed by atoms with Gasteiger partial charge in [0.15, 0.2) is 0 Å². The summed E-state index contributed by atoms with van der Waals surface area (Å²) < 4.78 is 16.8. The smallest absolute Gasteiger partial charge is 0.408 e. The zero-order chi connectivity index (χ0) is 41.3. The first-order valence-electron chi connectivity index (χ1n) is 20.4. The summed E-state index contributed by atoms with van der Waals surface area (Å²) in [5, 5.41) is 13.2. The molecule has 5 heterocycles. The summed E-state index contributed by atoms with van der Waals surface area (Å²) in [6.45, 7) is 13.4. The van der Waals surface area contributed by atoms with Crippen LogP contribution in [0.15, 0.2) is 36.5 Å². The molecule has 14 nitrogen and oxygen atoms in total. The van der Waals surface area contributed by atoms with Gasteiger partial charge < -0.3 is 39.5 Å². The number of likely N-dealkylation sites (tertiary alicyclic amines) is 2. The highest BCUT2D eigenvalue weighted by molar-refractivity contribution is 5.87. The number of ether oxygens (including phenoxy) is 3. The van der Waals surface area contributed by atoms with Crippen LogP contribution in [-0.2, 0) is 39.3 Å². The number of carboxylic acid groups (broad SMARTS) is 1. The molecule has 8 rings (SSSR count). The molecule has 2 saturated heterocycles. The Bertz CT molecular complexity index is 2260. The van der Waals surface area contributed by atoms with Gasteiger partial charge in [-0.2, -0.15) is 0 Å². The van der Waals surface area contributed by atoms with Crippen LogP contribution >= 0.6 is 0 Å². The number of H-pyrrole nitrogens is 2. The van der Waals surface area contributed by atoms with Crippen molar-refractivity contribution in [2.24, 2.45) is 17.3 Å². The standard InChI is InChI=1S/C44H55N7O7/c1-23(2)36(49-41(53)57-8)39(52)51-24(3)9-14-34(51)38-45-19-33(46-38)27-10-12-29-28(15-27)22-58-35-17-30-26(16-31(29)35)11-13-32-37(30)48-40(47-32)44(43(4,5)6)18-25(21-56-7)20-50(44)42(54)55/h10,12,15-17,19,23-25,34,36H,9,11,13-14,18,20-22H2,1-8H3,(H,45,46)(H,47,48)(H,49,53)(H,54,55)/t24-,25-,34-,36-,44+/m0/s1. The second-order valence-corrected chi connectivity index (χ2v) is 17.8. The molecule has 14 heteroatoms. The van der Waals surface area contributed by atoms with E-state index in [1.807, 2.05) is 31.9 Å². The molecule has 2 fully saturated rings. The Morgan fingerprint density at radius 3 is 2.55 bits per heavy atom. The molecule has 0 saturated carbocycles. The lowest BCUT2D eigenvalue weighted by molar-refractivity contribution is -0.137. The number of methoxy groups -OCH3 is 2. The van der Waals surface area contributed by atoms with Crippen molar-refractivity contribution in [3.63, 3.8) is 0 Å². The van der Waals surface area contributed by atoms with Crippen molar-refractivity contribution in [3.05, 3.63) is 65.0 Å². The van der Waals surface area contributed by atoms with E-state index < -0.39 is 29.2 Å². The molecule has 2 aromatic carbocycles. The van der Waals surface area contributed by atoms with Crippen molar-refractivity contribution in [1.82, 2.24) is 35.1 Å². The monoisotopic (exact) mass is 793 g/mol. The quantitative estimate of drug-likeness (QED) is 0.141. The lowest BCUT2D eigenvalue weighted by Crippen LogP contribution is -2.53. The van der Waals surface area contributed by atoms with Crippen LogP contribution < -0.4 is 10.1 Å². The molecule has 1 aliphatic carbocycles. The zero-order valence-corrected chi connectivity index (χ0v) is 34.7. The van der Waals surface area contributed by atoms with Crippen molar-refractivity contribution in [2.75, 3.05) is 27.4 Å². The highest BCUT2D eigenvalue weighted by Crippen LogP contribution is 2.53. The van der Waals surface area contributed by atoms with Crippen molar-refractivity contribution >= 4 is 18.1 Å². The molecule has 5 atom stereocenters. The van der Waals surface area contributed by atoms with Gasteiger partial charge in [0.25, 0.3) is 0 Å². The third-order valence-corrected chi connectivity index (χ3v) is 13.0. The maximum atomic E-state index is 13.9. The third kappa shape index (κ3) is 6.49. The summed E-state index contributed by atoms with van der Waals surface area (Å²) in [5.74, 6) is 1.99. The molecular weight excluding hydrogens is 739 g/mol. The largest absolute Gasteiger partial charge is 0.488 e. The number of benzene rings is 2. The van der Waals surface area contributed by atoms with Crippen molar-refractivity contribution in [3.8, 4) is 39.4 Å². The predicted molar refractivity (Wildman–Crippen MR) is 217 cm³/mol. The van der Waals surface area contributed by atoms with Gasteiger partial charge in [0.2, 0.25) is 5.91 Å². The Labute approximate surface area is 339 Å². The first-order chi connectivity index (χ1) is 27.6. The maximum absolute atomic E-state index is 13.9. The number of nitrogens with one attached hydrogen (secondary N) is 3. The van der Waals surface area contributed by atoms with E-state index in [0.29, 0.717) is 37.8 Å². The predicted octanol–water partition coefficient (Wildman–Crippen LogP) is 7.45. The number of aromatic amines is 2. The fourth-order valence-electron chi connectivity index (χ4n) is 9.98. The molecule has 4 N–H and O–H groups in total. The second kappa shape index (κ2) is 14.8. The fourth-order valence-corrected chi connectivity index (χ4v) is 9.98. The number of imidazole rings is 2. The number of alkyl carbamates (subject to hydrolysis) is 1. The highest BCUT2D eigenvalue weighted by Gasteiger charge is 2.58. The van der Waals surface area contributed by atoms with Gasteiger partial charge in [0, 0.05) is 36.7 Å². The van der Waals surface area contributed by atoms with E-state index in [9.17, 15) is 19.5 Å². The van der Waals surface area contributed by atoms with Crippen molar-refractivity contribution in [2.45, 2.75) is 104 Å². The minimum absolute atomic E-state index is 0.0103. The molecule has 58 heavy (non-hydrogen) atoms. The zero-order valence-electron chi connectivity index (χ0n) is 34.7. The fraction of sp³-hybridized carbons (Fsp3) is 0.523. The van der Waals surface area contributed by atoms with Gasteiger partial charge in [-0.25, -0.2) is 19.6 Å². The minimum atomic E-state index is -0.950. The summed E-state index contributed by atoms with van der Waals surface area (Å²) in [5.41, 5.74) is 7.86. The van der Waals surface area contributed by atoms with Gasteiger partial charge in [-0.3, -0.25) is 9.69 Å². The van der Waals surface area contributed by atoms with Crippen LogP contribution in [0.2, 0.25) is 0 Å². The molecular formula is C44H55N7O7. The molecule has 0 radical (unpaired) electrons. The molecule has 3 aliphatic heterocycles. The van der Waals surface area contributed by atoms with Crippen LogP contribution in [0.1, 0.15) is 95.3 Å². The number of carbonyl (C=O) groups excluding carboxylic acids is 2. The lowest BCUT2D eigenvalue weighted by Gasteiger charge is -2.45. The maximum Gasteiger partial charge on any atom is 0.408 e. The van der Waals surface area contributed by atoms with Crippen LogP contribution in [0.3, 0.4) is 0 Å². The summed E-state index contributed by atoms with van der Waals surface area (Å²) in [6.07, 6.45) is 3.99. The van der Waals surface area contributed by atoms with Crippen molar-refractivity contribution < 1.29 is 33.7 Å². The molecule has 308 valence electrons. The van der Waals surface area contributed by atoms with Gasteiger partial charge in [0.05, 0.1) is 43.0 Å². The number of amides is 3.